The molecule has 2 nitrogen and oxygen atoms in total. The zero-order valence-electron chi connectivity index (χ0n) is 9.88. The summed E-state index contributed by atoms with van der Waals surface area (Å²) < 4.78 is 0. The Morgan fingerprint density at radius 1 is 1.47 bits per heavy atom. The maximum absolute atomic E-state index is 4.11. The number of rotatable bonds is 2. The highest BCUT2D eigenvalue weighted by molar-refractivity contribution is 5.49. The zero-order valence-corrected chi connectivity index (χ0v) is 9.88. The summed E-state index contributed by atoms with van der Waals surface area (Å²) in [5.41, 5.74) is 2.99. The molecule has 0 bridgehead atoms. The third-order valence-corrected chi connectivity index (χ3v) is 3.35. The Labute approximate surface area is 92.1 Å². The van der Waals surface area contributed by atoms with Crippen molar-refractivity contribution in [1.29, 1.82) is 0 Å². The first-order valence-electron chi connectivity index (χ1n) is 5.74. The van der Waals surface area contributed by atoms with Crippen molar-refractivity contribution in [2.24, 2.45) is 5.41 Å². The Bertz CT molecular complexity index is 344. The van der Waals surface area contributed by atoms with Gasteiger partial charge in [0.15, 0.2) is 0 Å². The molecule has 2 heteroatoms. The topological polar surface area (TPSA) is 24.9 Å². The highest BCUT2D eigenvalue weighted by Crippen LogP contribution is 2.38. The van der Waals surface area contributed by atoms with Crippen LogP contribution < -0.4 is 5.32 Å². The number of hydrogen-bond donors (Lipinski definition) is 1. The number of pyridine rings is 1. The molecule has 1 aromatic rings. The van der Waals surface area contributed by atoms with Crippen LogP contribution in [0.5, 0.6) is 0 Å². The van der Waals surface area contributed by atoms with Gasteiger partial charge >= 0.3 is 0 Å². The lowest BCUT2D eigenvalue weighted by molar-refractivity contribution is 0.378. The molecule has 1 aliphatic rings. The quantitative estimate of drug-likeness (QED) is 0.798. The molecule has 82 valence electrons. The molecule has 1 fully saturated rings. The minimum Gasteiger partial charge on any atom is -0.382 e. The number of anilines is 1. The van der Waals surface area contributed by atoms with Gasteiger partial charge in [-0.25, -0.2) is 0 Å². The van der Waals surface area contributed by atoms with Gasteiger partial charge in [0.25, 0.3) is 0 Å². The SMILES string of the molecule is Cc1cnccc1NC1CCC(C)(C)C1. The van der Waals surface area contributed by atoms with E-state index in [4.69, 9.17) is 0 Å². The molecule has 0 saturated heterocycles. The molecule has 1 aromatic heterocycles. The van der Waals surface area contributed by atoms with Gasteiger partial charge in [-0.05, 0) is 43.2 Å². The maximum Gasteiger partial charge on any atom is 0.0402 e. The number of aryl methyl sites for hydroxylation is 1. The van der Waals surface area contributed by atoms with Crippen LogP contribution in [0, 0.1) is 12.3 Å². The van der Waals surface area contributed by atoms with Crippen molar-refractivity contribution < 1.29 is 0 Å². The molecule has 1 saturated carbocycles. The van der Waals surface area contributed by atoms with Gasteiger partial charge in [0, 0.05) is 24.1 Å². The largest absolute Gasteiger partial charge is 0.382 e. The molecule has 0 aliphatic heterocycles. The lowest BCUT2D eigenvalue weighted by Crippen LogP contribution is -2.18. The molecule has 2 rings (SSSR count). The van der Waals surface area contributed by atoms with Crippen LogP contribution in [-0.2, 0) is 0 Å². The molecule has 0 spiro atoms. The Balaban J connectivity index is 2.02. The second kappa shape index (κ2) is 3.84. The highest BCUT2D eigenvalue weighted by atomic mass is 14.9. The molecule has 15 heavy (non-hydrogen) atoms. The van der Waals surface area contributed by atoms with E-state index in [1.807, 2.05) is 12.4 Å². The average Bonchev–Trinajstić information content (AvgIpc) is 2.50. The number of hydrogen-bond acceptors (Lipinski definition) is 2. The fourth-order valence-electron chi connectivity index (χ4n) is 2.41. The van der Waals surface area contributed by atoms with Crippen LogP contribution in [0.3, 0.4) is 0 Å². The van der Waals surface area contributed by atoms with E-state index in [9.17, 15) is 0 Å². The minimum atomic E-state index is 0.513. The van der Waals surface area contributed by atoms with E-state index < -0.39 is 0 Å². The van der Waals surface area contributed by atoms with Crippen molar-refractivity contribution in [3.63, 3.8) is 0 Å². The summed E-state index contributed by atoms with van der Waals surface area (Å²) in [5.74, 6) is 0. The summed E-state index contributed by atoms with van der Waals surface area (Å²) in [6.07, 6.45) is 7.66. The molecule has 1 atom stereocenters. The van der Waals surface area contributed by atoms with Crippen LogP contribution >= 0.6 is 0 Å². The van der Waals surface area contributed by atoms with Crippen LogP contribution in [-0.4, -0.2) is 11.0 Å². The van der Waals surface area contributed by atoms with Crippen molar-refractivity contribution in [1.82, 2.24) is 4.98 Å². The predicted molar refractivity (Wildman–Crippen MR) is 64.0 cm³/mol. The van der Waals surface area contributed by atoms with Gasteiger partial charge in [0.05, 0.1) is 0 Å². The van der Waals surface area contributed by atoms with Crippen LogP contribution in [0.2, 0.25) is 0 Å². The third-order valence-electron chi connectivity index (χ3n) is 3.35. The molecule has 1 unspecified atom stereocenters. The van der Waals surface area contributed by atoms with Gasteiger partial charge in [-0.2, -0.15) is 0 Å². The third kappa shape index (κ3) is 2.49. The lowest BCUT2D eigenvalue weighted by atomic mass is 9.92. The first kappa shape index (κ1) is 10.5. The van der Waals surface area contributed by atoms with Crippen molar-refractivity contribution in [2.45, 2.75) is 46.1 Å². The minimum absolute atomic E-state index is 0.513. The van der Waals surface area contributed by atoms with E-state index in [1.165, 1.54) is 30.5 Å². The van der Waals surface area contributed by atoms with E-state index in [-0.39, 0.29) is 0 Å². The highest BCUT2D eigenvalue weighted by Gasteiger charge is 2.30. The Morgan fingerprint density at radius 2 is 2.27 bits per heavy atom. The second-order valence-electron chi connectivity index (χ2n) is 5.44. The Hall–Kier alpha value is -1.05. The second-order valence-corrected chi connectivity index (χ2v) is 5.44. The molecular formula is C13H20N2. The molecule has 0 amide bonds. The van der Waals surface area contributed by atoms with E-state index in [1.54, 1.807) is 0 Å². The van der Waals surface area contributed by atoms with Crippen LogP contribution in [0.25, 0.3) is 0 Å². The molecule has 1 aliphatic carbocycles. The predicted octanol–water partition coefficient (Wildman–Crippen LogP) is 3.38. The maximum atomic E-state index is 4.11. The molecule has 0 radical (unpaired) electrons. The first-order valence-corrected chi connectivity index (χ1v) is 5.74. The van der Waals surface area contributed by atoms with Gasteiger partial charge in [-0.1, -0.05) is 13.8 Å². The van der Waals surface area contributed by atoms with Crippen molar-refractivity contribution in [3.05, 3.63) is 24.0 Å². The van der Waals surface area contributed by atoms with E-state index in [0.29, 0.717) is 11.5 Å². The Morgan fingerprint density at radius 3 is 2.87 bits per heavy atom. The van der Waals surface area contributed by atoms with Crippen molar-refractivity contribution in [3.8, 4) is 0 Å². The summed E-state index contributed by atoms with van der Waals surface area (Å²) >= 11 is 0. The lowest BCUT2D eigenvalue weighted by Gasteiger charge is -2.19. The molecular weight excluding hydrogens is 184 g/mol. The van der Waals surface area contributed by atoms with E-state index in [0.717, 1.165) is 0 Å². The summed E-state index contributed by atoms with van der Waals surface area (Å²) in [6.45, 7) is 6.82. The normalized spacial score (nSPS) is 24.1. The molecule has 1 heterocycles. The zero-order chi connectivity index (χ0) is 10.9. The van der Waals surface area contributed by atoms with E-state index >= 15 is 0 Å². The van der Waals surface area contributed by atoms with E-state index in [2.05, 4.69) is 37.1 Å². The fourth-order valence-corrected chi connectivity index (χ4v) is 2.41. The average molecular weight is 204 g/mol. The number of aromatic nitrogens is 1. The van der Waals surface area contributed by atoms with Crippen molar-refractivity contribution >= 4 is 5.69 Å². The fraction of sp³-hybridized carbons (Fsp3) is 0.615. The summed E-state index contributed by atoms with van der Waals surface area (Å²) in [7, 11) is 0. The standard InChI is InChI=1S/C13H20N2/c1-10-9-14-7-5-12(10)15-11-4-6-13(2,3)8-11/h5,7,9,11H,4,6,8H2,1-3H3,(H,14,15). The summed E-state index contributed by atoms with van der Waals surface area (Å²) in [5, 5.41) is 3.62. The van der Waals surface area contributed by atoms with Crippen LogP contribution in [0.1, 0.15) is 38.7 Å². The van der Waals surface area contributed by atoms with Gasteiger partial charge in [-0.15, -0.1) is 0 Å². The number of nitrogens with zero attached hydrogens (tertiary/aromatic N) is 1. The van der Waals surface area contributed by atoms with Gasteiger partial charge in [-0.3, -0.25) is 4.98 Å². The van der Waals surface area contributed by atoms with Crippen molar-refractivity contribution in [2.75, 3.05) is 5.32 Å². The Kier molecular flexibility index (Phi) is 2.68. The van der Waals surface area contributed by atoms with Crippen LogP contribution in [0.4, 0.5) is 5.69 Å². The van der Waals surface area contributed by atoms with Gasteiger partial charge < -0.3 is 5.32 Å². The smallest absolute Gasteiger partial charge is 0.0402 e. The molecule has 0 aromatic carbocycles. The van der Waals surface area contributed by atoms with Crippen LogP contribution in [0.15, 0.2) is 18.5 Å². The summed E-state index contributed by atoms with van der Waals surface area (Å²) in [4.78, 5) is 4.11. The number of nitrogens with one attached hydrogen (secondary N) is 1. The first-order chi connectivity index (χ1) is 7.07. The molecule has 1 N–H and O–H groups in total. The van der Waals surface area contributed by atoms with Gasteiger partial charge in [0.1, 0.15) is 0 Å². The summed E-state index contributed by atoms with van der Waals surface area (Å²) in [6, 6.07) is 2.71. The van der Waals surface area contributed by atoms with Gasteiger partial charge in [0.2, 0.25) is 0 Å². The monoisotopic (exact) mass is 204 g/mol.